The van der Waals surface area contributed by atoms with E-state index in [1.807, 2.05) is 0 Å². The van der Waals surface area contributed by atoms with Gasteiger partial charge in [0.2, 0.25) is 0 Å². The third-order valence-corrected chi connectivity index (χ3v) is 3.89. The third kappa shape index (κ3) is 2.24. The Balaban J connectivity index is 2.42. The van der Waals surface area contributed by atoms with Gasteiger partial charge in [-0.05, 0) is 24.3 Å². The van der Waals surface area contributed by atoms with Gasteiger partial charge in [0, 0.05) is 16.8 Å². The highest BCUT2D eigenvalue weighted by Gasteiger charge is 2.17. The van der Waals surface area contributed by atoms with E-state index in [2.05, 4.69) is 4.98 Å². The van der Waals surface area contributed by atoms with Gasteiger partial charge < -0.3 is 4.74 Å². The average molecular weight is 323 g/mol. The summed E-state index contributed by atoms with van der Waals surface area (Å²) in [6.45, 7) is 0. The van der Waals surface area contributed by atoms with Gasteiger partial charge in [-0.2, -0.15) is 0 Å². The van der Waals surface area contributed by atoms with Gasteiger partial charge in [0.15, 0.2) is 0 Å². The predicted octanol–water partition coefficient (Wildman–Crippen LogP) is 4.61. The fraction of sp³-hybridized carbons (Fsp3) is 0.0714. The minimum atomic E-state index is -0.548. The second-order valence-corrected chi connectivity index (χ2v) is 5.17. The van der Waals surface area contributed by atoms with Crippen LogP contribution < -0.4 is 4.74 Å². The van der Waals surface area contributed by atoms with E-state index in [0.29, 0.717) is 32.6 Å². The molecule has 5 nitrogen and oxygen atoms in total. The van der Waals surface area contributed by atoms with Crippen molar-refractivity contribution in [3.63, 3.8) is 0 Å². The van der Waals surface area contributed by atoms with Gasteiger partial charge in [0.25, 0.3) is 5.69 Å². The first kappa shape index (κ1) is 13.9. The molecule has 0 aliphatic heterocycles. The van der Waals surface area contributed by atoms with Gasteiger partial charge in [0.1, 0.15) is 10.8 Å². The number of fused-ring (bicyclic) bond motifs is 2. The molecular formula is C14H8Cl2N2O3. The third-order valence-electron chi connectivity index (χ3n) is 3.18. The molecule has 21 heavy (non-hydrogen) atoms. The minimum absolute atomic E-state index is 0.0314. The van der Waals surface area contributed by atoms with Crippen LogP contribution in [0.15, 0.2) is 30.3 Å². The summed E-state index contributed by atoms with van der Waals surface area (Å²) in [4.78, 5) is 14.9. The van der Waals surface area contributed by atoms with Crippen LogP contribution in [0.25, 0.3) is 21.8 Å². The van der Waals surface area contributed by atoms with Crippen LogP contribution in [0, 0.1) is 10.1 Å². The molecule has 0 aliphatic rings. The molecule has 0 radical (unpaired) electrons. The van der Waals surface area contributed by atoms with Crippen LogP contribution >= 0.6 is 23.2 Å². The fourth-order valence-electron chi connectivity index (χ4n) is 2.15. The standard InChI is InChI=1S/C14H8Cl2N2O3/c1-21-7-2-3-11-8(4-7)14(16)9-5-13(18(19)20)10(15)6-12(9)17-11/h2-6H,1H3. The smallest absolute Gasteiger partial charge is 0.288 e. The number of hydrogen-bond acceptors (Lipinski definition) is 4. The topological polar surface area (TPSA) is 65.3 Å². The Morgan fingerprint density at radius 1 is 1.14 bits per heavy atom. The Morgan fingerprint density at radius 2 is 1.86 bits per heavy atom. The lowest BCUT2D eigenvalue weighted by atomic mass is 10.1. The van der Waals surface area contributed by atoms with Crippen molar-refractivity contribution in [1.82, 2.24) is 4.98 Å². The van der Waals surface area contributed by atoms with E-state index in [4.69, 9.17) is 27.9 Å². The SMILES string of the molecule is COc1ccc2nc3cc(Cl)c([N+](=O)[O-])cc3c(Cl)c2c1. The molecule has 3 rings (SSSR count). The Hall–Kier alpha value is -2.11. The largest absolute Gasteiger partial charge is 0.497 e. The second-order valence-electron chi connectivity index (χ2n) is 4.39. The molecule has 0 spiro atoms. The summed E-state index contributed by atoms with van der Waals surface area (Å²) < 4.78 is 5.15. The zero-order valence-corrected chi connectivity index (χ0v) is 12.3. The van der Waals surface area contributed by atoms with Crippen LogP contribution in [0.5, 0.6) is 5.75 Å². The van der Waals surface area contributed by atoms with E-state index in [1.54, 1.807) is 25.3 Å². The van der Waals surface area contributed by atoms with Crippen LogP contribution in [-0.4, -0.2) is 17.0 Å². The van der Waals surface area contributed by atoms with Crippen LogP contribution in [0.2, 0.25) is 10.0 Å². The van der Waals surface area contributed by atoms with Crippen molar-refractivity contribution in [2.24, 2.45) is 0 Å². The van der Waals surface area contributed by atoms with Gasteiger partial charge in [-0.1, -0.05) is 23.2 Å². The molecule has 0 N–H and O–H groups in total. The van der Waals surface area contributed by atoms with Crippen LogP contribution in [0.1, 0.15) is 0 Å². The summed E-state index contributed by atoms with van der Waals surface area (Å²) in [7, 11) is 1.55. The number of hydrogen-bond donors (Lipinski definition) is 0. The van der Waals surface area contributed by atoms with Crippen LogP contribution in [0.4, 0.5) is 5.69 Å². The number of benzene rings is 2. The van der Waals surface area contributed by atoms with E-state index in [1.165, 1.54) is 12.1 Å². The lowest BCUT2D eigenvalue weighted by Crippen LogP contribution is -1.92. The van der Waals surface area contributed by atoms with Crippen molar-refractivity contribution >= 4 is 50.7 Å². The monoisotopic (exact) mass is 322 g/mol. The Bertz CT molecular complexity index is 896. The molecule has 2 aromatic carbocycles. The predicted molar refractivity (Wildman–Crippen MR) is 82.5 cm³/mol. The number of halogens is 2. The minimum Gasteiger partial charge on any atom is -0.497 e. The highest BCUT2D eigenvalue weighted by Crippen LogP contribution is 2.37. The van der Waals surface area contributed by atoms with E-state index >= 15 is 0 Å². The quantitative estimate of drug-likeness (QED) is 0.392. The first-order valence-electron chi connectivity index (χ1n) is 5.92. The number of aromatic nitrogens is 1. The number of ether oxygens (including phenoxy) is 1. The number of nitrogens with zero attached hydrogens (tertiary/aromatic N) is 2. The lowest BCUT2D eigenvalue weighted by molar-refractivity contribution is -0.384. The molecule has 0 saturated carbocycles. The Morgan fingerprint density at radius 3 is 2.52 bits per heavy atom. The van der Waals surface area contributed by atoms with Crippen molar-refractivity contribution < 1.29 is 9.66 Å². The molecule has 1 heterocycles. The highest BCUT2D eigenvalue weighted by molar-refractivity contribution is 6.41. The zero-order valence-electron chi connectivity index (χ0n) is 10.8. The van der Waals surface area contributed by atoms with Crippen molar-refractivity contribution in [1.29, 1.82) is 0 Å². The summed E-state index contributed by atoms with van der Waals surface area (Å²) in [6.07, 6.45) is 0. The molecule has 3 aromatic rings. The molecule has 0 saturated heterocycles. The zero-order chi connectivity index (χ0) is 15.1. The molecular weight excluding hydrogens is 315 g/mol. The Labute approximate surface area is 129 Å². The molecule has 0 aliphatic carbocycles. The molecule has 0 amide bonds. The van der Waals surface area contributed by atoms with E-state index in [9.17, 15) is 10.1 Å². The van der Waals surface area contributed by atoms with Gasteiger partial charge in [-0.3, -0.25) is 10.1 Å². The van der Waals surface area contributed by atoms with Gasteiger partial charge in [0.05, 0.1) is 28.1 Å². The molecule has 0 bridgehead atoms. The summed E-state index contributed by atoms with van der Waals surface area (Å²) >= 11 is 12.3. The summed E-state index contributed by atoms with van der Waals surface area (Å²) in [5, 5.41) is 12.5. The maximum Gasteiger partial charge on any atom is 0.288 e. The Kier molecular flexibility index (Phi) is 3.31. The number of rotatable bonds is 2. The number of nitro groups is 1. The fourth-order valence-corrected chi connectivity index (χ4v) is 2.68. The van der Waals surface area contributed by atoms with E-state index in [-0.39, 0.29) is 10.7 Å². The van der Waals surface area contributed by atoms with Crippen LogP contribution in [-0.2, 0) is 0 Å². The highest BCUT2D eigenvalue weighted by atomic mass is 35.5. The maximum absolute atomic E-state index is 11.0. The van der Waals surface area contributed by atoms with Crippen molar-refractivity contribution in [2.75, 3.05) is 7.11 Å². The first-order valence-corrected chi connectivity index (χ1v) is 6.67. The normalized spacial score (nSPS) is 11.0. The van der Waals surface area contributed by atoms with Gasteiger partial charge in [-0.25, -0.2) is 4.98 Å². The molecule has 0 atom stereocenters. The van der Waals surface area contributed by atoms with E-state index < -0.39 is 4.92 Å². The summed E-state index contributed by atoms with van der Waals surface area (Å²) in [5.74, 6) is 0.633. The molecule has 7 heteroatoms. The van der Waals surface area contributed by atoms with Crippen LogP contribution in [0.3, 0.4) is 0 Å². The summed E-state index contributed by atoms with van der Waals surface area (Å²) in [6, 6.07) is 8.07. The average Bonchev–Trinajstić information content (AvgIpc) is 2.46. The van der Waals surface area contributed by atoms with E-state index in [0.717, 1.165) is 0 Å². The number of pyridine rings is 1. The number of nitro benzene ring substituents is 1. The van der Waals surface area contributed by atoms with Gasteiger partial charge >= 0.3 is 0 Å². The summed E-state index contributed by atoms with van der Waals surface area (Å²) in [5.41, 5.74) is 0.974. The lowest BCUT2D eigenvalue weighted by Gasteiger charge is -2.08. The molecule has 1 aromatic heterocycles. The van der Waals surface area contributed by atoms with Crippen molar-refractivity contribution in [3.05, 3.63) is 50.5 Å². The number of methoxy groups -OCH3 is 1. The first-order chi connectivity index (χ1) is 10.0. The van der Waals surface area contributed by atoms with Crippen molar-refractivity contribution in [2.45, 2.75) is 0 Å². The molecule has 106 valence electrons. The van der Waals surface area contributed by atoms with Gasteiger partial charge in [-0.15, -0.1) is 0 Å². The molecule has 0 unspecified atom stereocenters. The maximum atomic E-state index is 11.0. The molecule has 0 fully saturated rings. The second kappa shape index (κ2) is 5.02. The van der Waals surface area contributed by atoms with Crippen molar-refractivity contribution in [3.8, 4) is 5.75 Å².